The van der Waals surface area contributed by atoms with Gasteiger partial charge in [0.05, 0.1) is 22.2 Å². The molecular formula is C23H16ClN3O6S. The van der Waals surface area contributed by atoms with Gasteiger partial charge in [-0.1, -0.05) is 17.7 Å². The van der Waals surface area contributed by atoms with Crippen LogP contribution in [0.3, 0.4) is 0 Å². The van der Waals surface area contributed by atoms with Crippen molar-refractivity contribution in [2.75, 3.05) is 11.5 Å². The predicted octanol–water partition coefficient (Wildman–Crippen LogP) is 4.74. The molecule has 1 aromatic heterocycles. The lowest BCUT2D eigenvalue weighted by Gasteiger charge is -2.29. The molecule has 0 bridgehead atoms. The van der Waals surface area contributed by atoms with Crippen molar-refractivity contribution in [3.05, 3.63) is 81.1 Å². The van der Waals surface area contributed by atoms with Gasteiger partial charge in [0.25, 0.3) is 17.5 Å². The zero-order valence-electron chi connectivity index (χ0n) is 17.6. The first kappa shape index (κ1) is 23.1. The summed E-state index contributed by atoms with van der Waals surface area (Å²) >= 11 is 11.4. The molecule has 0 atom stereocenters. The average molecular weight is 498 g/mol. The summed E-state index contributed by atoms with van der Waals surface area (Å²) < 4.78 is 11.2. The molecule has 0 aliphatic carbocycles. The first-order chi connectivity index (χ1) is 16.3. The zero-order chi connectivity index (χ0) is 24.4. The molecule has 11 heteroatoms. The van der Waals surface area contributed by atoms with E-state index in [1.165, 1.54) is 41.3 Å². The smallest absolute Gasteiger partial charge is 0.270 e. The number of nitro groups is 1. The van der Waals surface area contributed by atoms with E-state index in [0.717, 1.165) is 0 Å². The third-order valence-electron chi connectivity index (χ3n) is 4.83. The molecular weight excluding hydrogens is 482 g/mol. The normalized spacial score (nSPS) is 14.9. The van der Waals surface area contributed by atoms with Crippen molar-refractivity contribution < 1.29 is 23.7 Å². The number of nitro benzene ring substituents is 1. The van der Waals surface area contributed by atoms with E-state index in [9.17, 15) is 19.7 Å². The Kier molecular flexibility index (Phi) is 6.44. The van der Waals surface area contributed by atoms with Crippen molar-refractivity contribution in [3.63, 3.8) is 0 Å². The van der Waals surface area contributed by atoms with Crippen LogP contribution in [-0.4, -0.2) is 28.5 Å². The number of nitrogens with one attached hydrogen (secondary N) is 1. The Morgan fingerprint density at radius 3 is 2.74 bits per heavy atom. The summed E-state index contributed by atoms with van der Waals surface area (Å²) in [5, 5.41) is 13.8. The van der Waals surface area contributed by atoms with Crippen LogP contribution < -0.4 is 15.0 Å². The molecule has 0 radical (unpaired) electrons. The van der Waals surface area contributed by atoms with Crippen LogP contribution in [-0.2, 0) is 9.59 Å². The van der Waals surface area contributed by atoms with Crippen LogP contribution in [0.2, 0.25) is 5.02 Å². The van der Waals surface area contributed by atoms with E-state index in [0.29, 0.717) is 23.6 Å². The molecule has 1 saturated heterocycles. The third kappa shape index (κ3) is 4.54. The van der Waals surface area contributed by atoms with E-state index < -0.39 is 16.7 Å². The maximum absolute atomic E-state index is 13.2. The molecule has 9 nitrogen and oxygen atoms in total. The second-order valence-electron chi connectivity index (χ2n) is 7.01. The number of hydrogen-bond donors (Lipinski definition) is 1. The lowest BCUT2D eigenvalue weighted by molar-refractivity contribution is -0.384. The molecule has 2 aromatic carbocycles. The third-order valence-corrected chi connectivity index (χ3v) is 5.44. The lowest BCUT2D eigenvalue weighted by atomic mass is 10.1. The average Bonchev–Trinajstić information content (AvgIpc) is 3.25. The van der Waals surface area contributed by atoms with Gasteiger partial charge in [-0.25, -0.2) is 0 Å². The summed E-state index contributed by atoms with van der Waals surface area (Å²) in [6, 6.07) is 13.8. The summed E-state index contributed by atoms with van der Waals surface area (Å²) in [7, 11) is 0. The van der Waals surface area contributed by atoms with E-state index in [1.54, 1.807) is 24.3 Å². The number of rotatable bonds is 6. The molecule has 34 heavy (non-hydrogen) atoms. The number of ether oxygens (including phenoxy) is 1. The van der Waals surface area contributed by atoms with Crippen molar-refractivity contribution in [3.8, 4) is 17.1 Å². The molecule has 2 heterocycles. The van der Waals surface area contributed by atoms with Crippen molar-refractivity contribution in [2.24, 2.45) is 0 Å². The molecule has 1 N–H and O–H groups in total. The molecule has 172 valence electrons. The number of halogens is 1. The van der Waals surface area contributed by atoms with E-state index in [4.69, 9.17) is 33.0 Å². The van der Waals surface area contributed by atoms with Gasteiger partial charge in [-0.2, -0.15) is 0 Å². The molecule has 1 aliphatic rings. The van der Waals surface area contributed by atoms with Gasteiger partial charge >= 0.3 is 0 Å². The van der Waals surface area contributed by atoms with Gasteiger partial charge in [0, 0.05) is 23.8 Å². The van der Waals surface area contributed by atoms with Crippen molar-refractivity contribution in [2.45, 2.75) is 6.92 Å². The minimum Gasteiger partial charge on any atom is -0.494 e. The Morgan fingerprint density at radius 1 is 1.21 bits per heavy atom. The number of non-ortho nitro benzene ring substituents is 1. The Bertz CT molecular complexity index is 1370. The van der Waals surface area contributed by atoms with Crippen molar-refractivity contribution in [1.82, 2.24) is 5.32 Å². The van der Waals surface area contributed by atoms with Gasteiger partial charge in [0.1, 0.15) is 22.8 Å². The number of furan rings is 1. The summed E-state index contributed by atoms with van der Waals surface area (Å²) in [6.45, 7) is 2.28. The fourth-order valence-corrected chi connectivity index (χ4v) is 3.80. The molecule has 2 amide bonds. The van der Waals surface area contributed by atoms with Crippen molar-refractivity contribution >= 4 is 58.2 Å². The highest BCUT2D eigenvalue weighted by Gasteiger charge is 2.35. The SMILES string of the molecule is CCOc1cccc(N2C(=O)/C(=C\c3ccc(-c4cc([N+](=O)[O-])ccc4Cl)o3)C(=O)NC2=S)c1. The van der Waals surface area contributed by atoms with Crippen LogP contribution in [0.15, 0.2) is 64.6 Å². The molecule has 1 aliphatic heterocycles. The molecule has 3 aromatic rings. The van der Waals surface area contributed by atoms with Crippen LogP contribution in [0, 0.1) is 10.1 Å². The number of benzene rings is 2. The van der Waals surface area contributed by atoms with Gasteiger partial charge in [0.2, 0.25) is 0 Å². The summed E-state index contributed by atoms with van der Waals surface area (Å²) in [6.07, 6.45) is 1.27. The lowest BCUT2D eigenvalue weighted by Crippen LogP contribution is -2.54. The topological polar surface area (TPSA) is 115 Å². The number of nitrogens with zero attached hydrogens (tertiary/aromatic N) is 2. The number of thiocarbonyl (C=S) groups is 1. The minimum atomic E-state index is -0.682. The van der Waals surface area contributed by atoms with Crippen LogP contribution >= 0.6 is 23.8 Å². The van der Waals surface area contributed by atoms with E-state index in [-0.39, 0.29) is 32.9 Å². The maximum Gasteiger partial charge on any atom is 0.270 e. The van der Waals surface area contributed by atoms with Crippen LogP contribution in [0.5, 0.6) is 5.75 Å². The monoisotopic (exact) mass is 497 g/mol. The first-order valence-electron chi connectivity index (χ1n) is 9.97. The minimum absolute atomic E-state index is 0.0655. The number of carbonyl (C=O) groups excluding carboxylic acids is 2. The first-order valence-corrected chi connectivity index (χ1v) is 10.8. The summed E-state index contributed by atoms with van der Waals surface area (Å²) in [4.78, 5) is 37.5. The molecule has 4 rings (SSSR count). The molecule has 0 saturated carbocycles. The predicted molar refractivity (Wildman–Crippen MR) is 130 cm³/mol. The van der Waals surface area contributed by atoms with Crippen LogP contribution in [0.1, 0.15) is 12.7 Å². The van der Waals surface area contributed by atoms with Crippen LogP contribution in [0.25, 0.3) is 17.4 Å². The molecule has 0 unspecified atom stereocenters. The molecule has 0 spiro atoms. The highest BCUT2D eigenvalue weighted by atomic mass is 35.5. The second kappa shape index (κ2) is 9.46. The standard InChI is InChI=1S/C23H16ClN3O6S/c1-2-32-15-5-3-4-13(10-15)26-22(29)18(21(28)25-23(26)34)12-16-7-9-20(33-16)17-11-14(27(30)31)6-8-19(17)24/h3-12H,2H2,1H3,(H,25,28,34)/b18-12-. The van der Waals surface area contributed by atoms with E-state index in [1.807, 2.05) is 6.92 Å². The van der Waals surface area contributed by atoms with Gasteiger partial charge in [-0.05, 0) is 55.5 Å². The highest BCUT2D eigenvalue weighted by Crippen LogP contribution is 2.33. The van der Waals surface area contributed by atoms with Gasteiger partial charge < -0.3 is 9.15 Å². The Hall–Kier alpha value is -4.02. The quantitative estimate of drug-likeness (QED) is 0.172. The number of carbonyl (C=O) groups is 2. The van der Waals surface area contributed by atoms with Gasteiger partial charge in [0.15, 0.2) is 5.11 Å². The number of hydrogen-bond acceptors (Lipinski definition) is 7. The maximum atomic E-state index is 13.2. The fourth-order valence-electron chi connectivity index (χ4n) is 3.30. The van der Waals surface area contributed by atoms with Gasteiger partial charge in [-0.15, -0.1) is 0 Å². The second-order valence-corrected chi connectivity index (χ2v) is 7.81. The van der Waals surface area contributed by atoms with Gasteiger partial charge in [-0.3, -0.25) is 29.9 Å². The van der Waals surface area contributed by atoms with E-state index in [2.05, 4.69) is 5.32 Å². The Labute approximate surface area is 203 Å². The Balaban J connectivity index is 1.68. The number of amides is 2. The zero-order valence-corrected chi connectivity index (χ0v) is 19.2. The number of anilines is 1. The highest BCUT2D eigenvalue weighted by molar-refractivity contribution is 7.80. The van der Waals surface area contributed by atoms with Crippen molar-refractivity contribution in [1.29, 1.82) is 0 Å². The summed E-state index contributed by atoms with van der Waals surface area (Å²) in [5.41, 5.74) is 0.364. The largest absolute Gasteiger partial charge is 0.494 e. The summed E-state index contributed by atoms with van der Waals surface area (Å²) in [5.74, 6) is -0.372. The fraction of sp³-hybridized carbons (Fsp3) is 0.0870. The molecule has 1 fully saturated rings. The van der Waals surface area contributed by atoms with Crippen LogP contribution in [0.4, 0.5) is 11.4 Å². The Morgan fingerprint density at radius 2 is 2.00 bits per heavy atom. The van der Waals surface area contributed by atoms with E-state index >= 15 is 0 Å².